The van der Waals surface area contributed by atoms with Gasteiger partial charge in [0.2, 0.25) is 0 Å². The fraction of sp³-hybridized carbons (Fsp3) is 0.263. The Morgan fingerprint density at radius 2 is 1.85 bits per heavy atom. The van der Waals surface area contributed by atoms with E-state index in [0.717, 1.165) is 10.5 Å². The Morgan fingerprint density at radius 1 is 1.12 bits per heavy atom. The van der Waals surface area contributed by atoms with Crippen LogP contribution in [-0.2, 0) is 9.53 Å². The molecule has 0 radical (unpaired) electrons. The van der Waals surface area contributed by atoms with Crippen molar-refractivity contribution in [1.82, 2.24) is 5.32 Å². The lowest BCUT2D eigenvalue weighted by molar-refractivity contribution is -0.140. The van der Waals surface area contributed by atoms with Crippen molar-refractivity contribution in [3.05, 3.63) is 58.3 Å². The lowest BCUT2D eigenvalue weighted by Gasteiger charge is -2.09. The van der Waals surface area contributed by atoms with Crippen molar-refractivity contribution >= 4 is 27.8 Å². The average molecular weight is 424 g/mol. The Bertz CT molecular complexity index is 765. The van der Waals surface area contributed by atoms with Crippen molar-refractivity contribution in [2.75, 3.05) is 13.7 Å². The van der Waals surface area contributed by atoms with Crippen LogP contribution in [0.2, 0.25) is 0 Å². The summed E-state index contributed by atoms with van der Waals surface area (Å²) in [4.78, 5) is 23.0. The van der Waals surface area contributed by atoms with E-state index in [1.54, 1.807) is 24.3 Å². The van der Waals surface area contributed by atoms with Gasteiger partial charge < -0.3 is 14.8 Å². The summed E-state index contributed by atoms with van der Waals surface area (Å²) >= 11 is 3.31. The summed E-state index contributed by atoms with van der Waals surface area (Å²) in [7, 11) is 1.34. The fourth-order valence-electron chi connectivity index (χ4n) is 2.15. The highest BCUT2D eigenvalue weighted by Crippen LogP contribution is 2.26. The van der Waals surface area contributed by atoms with E-state index in [4.69, 9.17) is 4.74 Å². The lowest BCUT2D eigenvalue weighted by atomic mass is 10.2. The molecule has 0 unspecified atom stereocenters. The molecule has 0 bridgehead atoms. The van der Waals surface area contributed by atoms with Gasteiger partial charge in [0, 0.05) is 23.0 Å². The molecule has 0 fully saturated rings. The predicted molar refractivity (Wildman–Crippen MR) is 98.8 cm³/mol. The third-order valence-electron chi connectivity index (χ3n) is 3.56. The Balaban J connectivity index is 1.86. The summed E-state index contributed by atoms with van der Waals surface area (Å²) in [6, 6.07) is 11.0. The van der Waals surface area contributed by atoms with Gasteiger partial charge in [-0.2, -0.15) is 0 Å². The van der Waals surface area contributed by atoms with Gasteiger partial charge in [0.05, 0.1) is 7.11 Å². The molecule has 0 spiro atoms. The zero-order valence-corrected chi connectivity index (χ0v) is 15.8. The summed E-state index contributed by atoms with van der Waals surface area (Å²) < 4.78 is 25.1. The number of esters is 1. The Labute approximate surface area is 159 Å². The molecule has 7 heteroatoms. The third kappa shape index (κ3) is 6.15. The van der Waals surface area contributed by atoms with Crippen LogP contribution in [0, 0.1) is 5.82 Å². The number of benzene rings is 2. The molecule has 5 nitrogen and oxygen atoms in total. The van der Waals surface area contributed by atoms with Gasteiger partial charge in [-0.25, -0.2) is 4.39 Å². The van der Waals surface area contributed by atoms with E-state index < -0.39 is 5.82 Å². The van der Waals surface area contributed by atoms with Gasteiger partial charge >= 0.3 is 5.97 Å². The van der Waals surface area contributed by atoms with Crippen LogP contribution in [-0.4, -0.2) is 25.5 Å². The highest BCUT2D eigenvalue weighted by molar-refractivity contribution is 9.10. The van der Waals surface area contributed by atoms with Crippen molar-refractivity contribution in [1.29, 1.82) is 0 Å². The number of rotatable bonds is 8. The maximum absolute atomic E-state index is 14.2. The molecule has 0 aliphatic heterocycles. The molecule has 0 atom stereocenters. The minimum atomic E-state index is -0.619. The van der Waals surface area contributed by atoms with E-state index in [-0.39, 0.29) is 23.2 Å². The van der Waals surface area contributed by atoms with Gasteiger partial charge in [0.1, 0.15) is 5.75 Å². The summed E-state index contributed by atoms with van der Waals surface area (Å²) in [6.45, 7) is 0.397. The summed E-state index contributed by atoms with van der Waals surface area (Å²) in [5.74, 6) is -0.736. The van der Waals surface area contributed by atoms with E-state index in [9.17, 15) is 14.0 Å². The fourth-order valence-corrected chi connectivity index (χ4v) is 2.42. The van der Waals surface area contributed by atoms with E-state index in [2.05, 4.69) is 26.0 Å². The molecule has 0 heterocycles. The first-order chi connectivity index (χ1) is 12.5. The van der Waals surface area contributed by atoms with E-state index >= 15 is 0 Å². The maximum Gasteiger partial charge on any atom is 0.305 e. The van der Waals surface area contributed by atoms with Gasteiger partial charge in [-0.3, -0.25) is 9.59 Å². The monoisotopic (exact) mass is 423 g/mol. The maximum atomic E-state index is 14.2. The smallest absolute Gasteiger partial charge is 0.305 e. The van der Waals surface area contributed by atoms with Gasteiger partial charge in [0.15, 0.2) is 11.6 Å². The topological polar surface area (TPSA) is 64.6 Å². The van der Waals surface area contributed by atoms with E-state index in [0.29, 0.717) is 31.6 Å². The van der Waals surface area contributed by atoms with E-state index in [1.165, 1.54) is 19.2 Å². The van der Waals surface area contributed by atoms with Crippen LogP contribution in [0.15, 0.2) is 46.9 Å². The van der Waals surface area contributed by atoms with Gasteiger partial charge in [-0.15, -0.1) is 0 Å². The number of hydrogen-bond acceptors (Lipinski definition) is 4. The number of carbonyl (C=O) groups excluding carboxylic acids is 2. The Kier molecular flexibility index (Phi) is 7.59. The van der Waals surface area contributed by atoms with Crippen LogP contribution in [0.3, 0.4) is 0 Å². The number of ether oxygens (including phenoxy) is 2. The minimum Gasteiger partial charge on any atom is -0.469 e. The first kappa shape index (κ1) is 19.9. The lowest BCUT2D eigenvalue weighted by Crippen LogP contribution is -2.24. The molecule has 0 saturated heterocycles. The van der Waals surface area contributed by atoms with Gasteiger partial charge in [0.25, 0.3) is 5.91 Å². The zero-order chi connectivity index (χ0) is 18.9. The van der Waals surface area contributed by atoms with Crippen molar-refractivity contribution in [3.63, 3.8) is 0 Å². The molecule has 2 rings (SSSR count). The Hall–Kier alpha value is -2.41. The second-order valence-electron chi connectivity index (χ2n) is 5.49. The second kappa shape index (κ2) is 9.91. The molecule has 26 heavy (non-hydrogen) atoms. The first-order valence-electron chi connectivity index (χ1n) is 8.07. The molecule has 0 aliphatic rings. The number of halogens is 2. The standard InChI is InChI=1S/C19H19BrFNO4/c1-25-18(23)4-2-3-11-22-19(24)13-5-10-17(16(21)12-13)26-15-8-6-14(20)7-9-15/h5-10,12H,2-4,11H2,1H3,(H,22,24). The van der Waals surface area contributed by atoms with Crippen LogP contribution in [0.25, 0.3) is 0 Å². The molecule has 138 valence electrons. The quantitative estimate of drug-likeness (QED) is 0.502. The van der Waals surface area contributed by atoms with Crippen molar-refractivity contribution < 1.29 is 23.5 Å². The summed E-state index contributed by atoms with van der Waals surface area (Å²) in [6.07, 6.45) is 1.55. The van der Waals surface area contributed by atoms with Crippen LogP contribution in [0.4, 0.5) is 4.39 Å². The zero-order valence-electron chi connectivity index (χ0n) is 14.3. The minimum absolute atomic E-state index is 0.0435. The SMILES string of the molecule is COC(=O)CCCCNC(=O)c1ccc(Oc2ccc(Br)cc2)c(F)c1. The van der Waals surface area contributed by atoms with Gasteiger partial charge in [-0.05, 0) is 55.3 Å². The van der Waals surface area contributed by atoms with Crippen molar-refractivity contribution in [3.8, 4) is 11.5 Å². The molecular formula is C19H19BrFNO4. The molecule has 1 N–H and O–H groups in total. The number of nitrogens with one attached hydrogen (secondary N) is 1. The highest BCUT2D eigenvalue weighted by atomic mass is 79.9. The second-order valence-corrected chi connectivity index (χ2v) is 6.41. The van der Waals surface area contributed by atoms with Crippen LogP contribution < -0.4 is 10.1 Å². The molecular weight excluding hydrogens is 405 g/mol. The van der Waals surface area contributed by atoms with Gasteiger partial charge in [-0.1, -0.05) is 15.9 Å². The molecule has 1 amide bonds. The van der Waals surface area contributed by atoms with Crippen molar-refractivity contribution in [2.45, 2.75) is 19.3 Å². The third-order valence-corrected chi connectivity index (χ3v) is 4.09. The number of hydrogen-bond donors (Lipinski definition) is 1. The molecule has 2 aromatic carbocycles. The molecule has 2 aromatic rings. The summed E-state index contributed by atoms with van der Waals surface area (Å²) in [5, 5.41) is 2.69. The van der Waals surface area contributed by atoms with E-state index in [1.807, 2.05) is 0 Å². The average Bonchev–Trinajstić information content (AvgIpc) is 2.64. The Morgan fingerprint density at radius 3 is 2.50 bits per heavy atom. The first-order valence-corrected chi connectivity index (χ1v) is 8.87. The predicted octanol–water partition coefficient (Wildman–Crippen LogP) is 4.45. The summed E-state index contributed by atoms with van der Waals surface area (Å²) in [5.41, 5.74) is 0.207. The van der Waals surface area contributed by atoms with Crippen LogP contribution >= 0.6 is 15.9 Å². The highest BCUT2D eigenvalue weighted by Gasteiger charge is 2.11. The molecule has 0 aliphatic carbocycles. The van der Waals surface area contributed by atoms with Crippen LogP contribution in [0.1, 0.15) is 29.6 Å². The largest absolute Gasteiger partial charge is 0.469 e. The molecule has 0 saturated carbocycles. The molecule has 0 aromatic heterocycles. The number of carbonyl (C=O) groups is 2. The number of methoxy groups -OCH3 is 1. The van der Waals surface area contributed by atoms with Crippen molar-refractivity contribution in [2.24, 2.45) is 0 Å². The normalized spacial score (nSPS) is 10.3. The number of unbranched alkanes of at least 4 members (excludes halogenated alkanes) is 1. The van der Waals surface area contributed by atoms with Crippen LogP contribution in [0.5, 0.6) is 11.5 Å². The number of amides is 1.